The fraction of sp³-hybridized carbons (Fsp3) is 0.333. The number of fused-ring (bicyclic) bond motifs is 1. The van der Waals surface area contributed by atoms with Gasteiger partial charge in [-0.05, 0) is 31.2 Å². The molecule has 9 nitrogen and oxygen atoms in total. The molecular formula is C24H27N5O4. The Morgan fingerprint density at radius 3 is 2.12 bits per heavy atom. The lowest BCUT2D eigenvalue weighted by Crippen LogP contribution is -2.39. The highest BCUT2D eigenvalue weighted by Gasteiger charge is 2.35. The second-order valence-corrected chi connectivity index (χ2v) is 8.71. The number of benzene rings is 2. The summed E-state index contributed by atoms with van der Waals surface area (Å²) >= 11 is 0. The van der Waals surface area contributed by atoms with Gasteiger partial charge in [0.05, 0.1) is 28.3 Å². The SMILES string of the molecule is Cc1ccc(N2CC(C(=O)Nc3cc4c(cc3N(C)C)n(C)c(=O)c(=O)n4C)CC2=O)cc1. The van der Waals surface area contributed by atoms with Gasteiger partial charge in [0, 0.05) is 46.8 Å². The van der Waals surface area contributed by atoms with E-state index in [9.17, 15) is 19.2 Å². The third-order valence-electron chi connectivity index (χ3n) is 6.19. The van der Waals surface area contributed by atoms with Crippen LogP contribution in [0.2, 0.25) is 0 Å². The first-order valence-electron chi connectivity index (χ1n) is 10.7. The summed E-state index contributed by atoms with van der Waals surface area (Å²) in [5, 5.41) is 2.95. The normalized spacial score (nSPS) is 15.8. The molecule has 2 heterocycles. The molecule has 0 bridgehead atoms. The third-order valence-corrected chi connectivity index (χ3v) is 6.19. The fourth-order valence-electron chi connectivity index (χ4n) is 4.17. The molecule has 1 aromatic heterocycles. The second kappa shape index (κ2) is 8.23. The van der Waals surface area contributed by atoms with Gasteiger partial charge in [-0.1, -0.05) is 17.7 Å². The molecule has 9 heteroatoms. The Labute approximate surface area is 190 Å². The summed E-state index contributed by atoms with van der Waals surface area (Å²) in [6.45, 7) is 2.27. The number of rotatable bonds is 4. The van der Waals surface area contributed by atoms with Crippen LogP contribution in [0.1, 0.15) is 12.0 Å². The fourth-order valence-corrected chi connectivity index (χ4v) is 4.17. The Bertz CT molecular complexity index is 1390. The Hall–Kier alpha value is -3.88. The van der Waals surface area contributed by atoms with E-state index in [2.05, 4.69) is 5.32 Å². The van der Waals surface area contributed by atoms with Gasteiger partial charge in [-0.3, -0.25) is 19.2 Å². The molecule has 172 valence electrons. The number of amides is 2. The summed E-state index contributed by atoms with van der Waals surface area (Å²) in [7, 11) is 6.74. The molecule has 1 unspecified atom stereocenters. The first-order valence-corrected chi connectivity index (χ1v) is 10.7. The number of aromatic nitrogens is 2. The number of hydrogen-bond acceptors (Lipinski definition) is 5. The minimum atomic E-state index is -0.644. The Morgan fingerprint density at radius 2 is 1.55 bits per heavy atom. The van der Waals surface area contributed by atoms with Crippen LogP contribution in [-0.2, 0) is 23.7 Å². The molecule has 1 fully saturated rings. The summed E-state index contributed by atoms with van der Waals surface area (Å²) in [5.74, 6) is -0.869. The molecule has 0 saturated carbocycles. The maximum atomic E-state index is 13.1. The number of carbonyl (C=O) groups excluding carboxylic acids is 2. The molecule has 0 radical (unpaired) electrons. The minimum Gasteiger partial charge on any atom is -0.376 e. The van der Waals surface area contributed by atoms with Crippen molar-refractivity contribution in [2.45, 2.75) is 13.3 Å². The van der Waals surface area contributed by atoms with Crippen LogP contribution in [0.5, 0.6) is 0 Å². The standard InChI is InChI=1S/C24H27N5O4/c1-14-6-8-16(9-7-14)29-13-15(10-21(29)30)22(31)25-17-11-19-20(12-18(17)26(2)3)28(5)24(33)23(32)27(19)4/h6-9,11-12,15H,10,13H2,1-5H3,(H,25,31). The first-order chi connectivity index (χ1) is 15.6. The van der Waals surface area contributed by atoms with Crippen molar-refractivity contribution in [1.29, 1.82) is 0 Å². The van der Waals surface area contributed by atoms with Crippen LogP contribution in [0.15, 0.2) is 46.0 Å². The summed E-state index contributed by atoms with van der Waals surface area (Å²) in [6.07, 6.45) is 0.123. The highest BCUT2D eigenvalue weighted by atomic mass is 16.2. The molecule has 1 aliphatic heterocycles. The van der Waals surface area contributed by atoms with Crippen molar-refractivity contribution >= 4 is 39.9 Å². The molecule has 0 spiro atoms. The molecular weight excluding hydrogens is 422 g/mol. The van der Waals surface area contributed by atoms with Crippen molar-refractivity contribution in [2.24, 2.45) is 20.0 Å². The zero-order valence-electron chi connectivity index (χ0n) is 19.4. The van der Waals surface area contributed by atoms with E-state index < -0.39 is 17.0 Å². The van der Waals surface area contributed by atoms with Gasteiger partial charge < -0.3 is 24.3 Å². The largest absolute Gasteiger partial charge is 0.376 e. The molecule has 3 aromatic rings. The van der Waals surface area contributed by atoms with E-state index in [0.29, 0.717) is 29.0 Å². The molecule has 1 atom stereocenters. The van der Waals surface area contributed by atoms with Crippen LogP contribution >= 0.6 is 0 Å². The minimum absolute atomic E-state index is 0.0947. The van der Waals surface area contributed by atoms with Crippen LogP contribution in [0.3, 0.4) is 0 Å². The number of hydrogen-bond donors (Lipinski definition) is 1. The number of nitrogens with zero attached hydrogens (tertiary/aromatic N) is 4. The topological polar surface area (TPSA) is 96.7 Å². The van der Waals surface area contributed by atoms with Crippen molar-refractivity contribution < 1.29 is 9.59 Å². The summed E-state index contributed by atoms with van der Waals surface area (Å²) in [5.41, 5.74) is 2.89. The van der Waals surface area contributed by atoms with Gasteiger partial charge in [0.2, 0.25) is 11.8 Å². The van der Waals surface area contributed by atoms with Crippen molar-refractivity contribution in [1.82, 2.24) is 9.13 Å². The molecule has 4 rings (SSSR count). The average Bonchev–Trinajstić information content (AvgIpc) is 3.18. The van der Waals surface area contributed by atoms with E-state index >= 15 is 0 Å². The first kappa shape index (κ1) is 22.3. The monoisotopic (exact) mass is 449 g/mol. The molecule has 2 amide bonds. The highest BCUT2D eigenvalue weighted by Crippen LogP contribution is 2.31. The van der Waals surface area contributed by atoms with Gasteiger partial charge in [-0.2, -0.15) is 0 Å². The van der Waals surface area contributed by atoms with Crippen molar-refractivity contribution in [3.8, 4) is 0 Å². The highest BCUT2D eigenvalue weighted by molar-refractivity contribution is 6.05. The molecule has 1 N–H and O–H groups in total. The quantitative estimate of drug-likeness (QED) is 0.611. The lowest BCUT2D eigenvalue weighted by molar-refractivity contribution is -0.122. The zero-order valence-corrected chi connectivity index (χ0v) is 19.4. The number of aryl methyl sites for hydroxylation is 3. The third kappa shape index (κ3) is 3.90. The summed E-state index contributed by atoms with van der Waals surface area (Å²) < 4.78 is 2.59. The predicted octanol–water partition coefficient (Wildman–Crippen LogP) is 1.60. The Balaban J connectivity index is 1.67. The van der Waals surface area contributed by atoms with Gasteiger partial charge >= 0.3 is 11.1 Å². The van der Waals surface area contributed by atoms with Gasteiger partial charge in [-0.25, -0.2) is 0 Å². The number of anilines is 3. The van der Waals surface area contributed by atoms with E-state index in [1.165, 1.54) is 16.2 Å². The Morgan fingerprint density at radius 1 is 0.970 bits per heavy atom. The maximum absolute atomic E-state index is 13.1. The van der Waals surface area contributed by atoms with Gasteiger partial charge in [0.25, 0.3) is 0 Å². The number of carbonyl (C=O) groups is 2. The molecule has 2 aromatic carbocycles. The van der Waals surface area contributed by atoms with Gasteiger partial charge in [-0.15, -0.1) is 0 Å². The van der Waals surface area contributed by atoms with E-state index in [4.69, 9.17) is 0 Å². The number of nitrogens with one attached hydrogen (secondary N) is 1. The van der Waals surface area contributed by atoms with E-state index in [1.54, 1.807) is 24.1 Å². The molecule has 1 aliphatic rings. The maximum Gasteiger partial charge on any atom is 0.316 e. The van der Waals surface area contributed by atoms with Crippen molar-refractivity contribution in [3.63, 3.8) is 0 Å². The lowest BCUT2D eigenvalue weighted by Gasteiger charge is -2.22. The lowest BCUT2D eigenvalue weighted by atomic mass is 10.1. The molecule has 33 heavy (non-hydrogen) atoms. The van der Waals surface area contributed by atoms with Crippen molar-refractivity contribution in [2.75, 3.05) is 35.8 Å². The summed E-state index contributed by atoms with van der Waals surface area (Å²) in [6, 6.07) is 11.1. The van der Waals surface area contributed by atoms with Crippen LogP contribution in [0.25, 0.3) is 11.0 Å². The van der Waals surface area contributed by atoms with E-state index in [0.717, 1.165) is 11.3 Å². The smallest absolute Gasteiger partial charge is 0.316 e. The van der Waals surface area contributed by atoms with Crippen LogP contribution in [0, 0.1) is 12.8 Å². The van der Waals surface area contributed by atoms with Crippen LogP contribution in [0.4, 0.5) is 17.1 Å². The zero-order chi connectivity index (χ0) is 24.0. The van der Waals surface area contributed by atoms with Gasteiger partial charge in [0.15, 0.2) is 0 Å². The van der Waals surface area contributed by atoms with E-state index in [1.807, 2.05) is 50.2 Å². The molecule has 1 saturated heterocycles. The van der Waals surface area contributed by atoms with Crippen molar-refractivity contribution in [3.05, 3.63) is 62.7 Å². The van der Waals surface area contributed by atoms with Gasteiger partial charge in [0.1, 0.15) is 0 Å². The molecule has 0 aliphatic carbocycles. The Kier molecular flexibility index (Phi) is 5.57. The van der Waals surface area contributed by atoms with Crippen LogP contribution < -0.4 is 26.2 Å². The second-order valence-electron chi connectivity index (χ2n) is 8.71. The predicted molar refractivity (Wildman–Crippen MR) is 129 cm³/mol. The average molecular weight is 450 g/mol. The summed E-state index contributed by atoms with van der Waals surface area (Å²) in [4.78, 5) is 53.7. The van der Waals surface area contributed by atoms with Crippen LogP contribution in [-0.4, -0.2) is 41.6 Å². The van der Waals surface area contributed by atoms with E-state index in [-0.39, 0.29) is 18.2 Å².